The van der Waals surface area contributed by atoms with Gasteiger partial charge in [-0.2, -0.15) is 0 Å². The third-order valence-electron chi connectivity index (χ3n) is 3.80. The molecule has 1 rings (SSSR count). The Bertz CT molecular complexity index is 659. The first-order valence-corrected chi connectivity index (χ1v) is 19.4. The van der Waals surface area contributed by atoms with Crippen LogP contribution < -0.4 is 4.74 Å². The fourth-order valence-corrected chi connectivity index (χ4v) is 16.2. The minimum Gasteiger partial charge on any atom is -0.497 e. The maximum absolute atomic E-state index is 12.1. The Balaban J connectivity index is 2.62. The molecule has 0 bridgehead atoms. The van der Waals surface area contributed by atoms with Crippen LogP contribution in [0.2, 0.25) is 51.9 Å². The lowest BCUT2D eigenvalue weighted by atomic mass is 10.2. The summed E-state index contributed by atoms with van der Waals surface area (Å²) in [5.74, 6) is 0.623. The monoisotopic (exact) mass is 454 g/mol. The molecular weight excluding hydrogens is 416 g/mol. The van der Waals surface area contributed by atoms with Crippen molar-refractivity contribution in [2.75, 3.05) is 13.7 Å². The van der Waals surface area contributed by atoms with Crippen LogP contribution in [-0.2, 0) is 17.8 Å². The topological polar surface area (TPSA) is 54.0 Å². The Morgan fingerprint density at radius 3 is 1.93 bits per heavy atom. The fourth-order valence-electron chi connectivity index (χ4n) is 3.24. The number of benzene rings is 1. The van der Waals surface area contributed by atoms with Gasteiger partial charge in [-0.15, -0.1) is 0 Å². The van der Waals surface area contributed by atoms with Gasteiger partial charge in [0.2, 0.25) is 0 Å². The zero-order chi connectivity index (χ0) is 22.3. The second kappa shape index (κ2) is 10.7. The molecule has 0 fully saturated rings. The molecule has 1 atom stereocenters. The van der Waals surface area contributed by atoms with Crippen molar-refractivity contribution in [2.45, 2.75) is 58.8 Å². The van der Waals surface area contributed by atoms with Crippen molar-refractivity contribution < 1.29 is 22.5 Å². The van der Waals surface area contributed by atoms with Gasteiger partial charge in [0, 0.05) is 6.08 Å². The number of hydrogen-bond acceptors (Lipinski definition) is 5. The summed E-state index contributed by atoms with van der Waals surface area (Å²) in [5.41, 5.74) is 0.919. The van der Waals surface area contributed by atoms with E-state index < -0.39 is 25.2 Å². The lowest BCUT2D eigenvalue weighted by Crippen LogP contribution is -2.53. The van der Waals surface area contributed by atoms with Crippen LogP contribution in [0.3, 0.4) is 0 Å². The van der Waals surface area contributed by atoms with Crippen molar-refractivity contribution in [3.05, 3.63) is 35.9 Å². The minimum absolute atomic E-state index is 0.178. The van der Waals surface area contributed by atoms with Gasteiger partial charge in [0.15, 0.2) is 16.6 Å². The summed E-state index contributed by atoms with van der Waals surface area (Å²) < 4.78 is 23.6. The van der Waals surface area contributed by atoms with Crippen LogP contribution >= 0.6 is 0 Å². The number of ether oxygens (including phenoxy) is 2. The van der Waals surface area contributed by atoms with E-state index in [1.54, 1.807) is 13.2 Å². The first-order valence-electron chi connectivity index (χ1n) is 10.1. The molecule has 0 spiro atoms. The summed E-state index contributed by atoms with van der Waals surface area (Å²) in [6.07, 6.45) is 3.20. The van der Waals surface area contributed by atoms with Crippen LogP contribution in [0, 0.1) is 5.92 Å². The van der Waals surface area contributed by atoms with Crippen molar-refractivity contribution >= 4 is 37.2 Å². The van der Waals surface area contributed by atoms with Gasteiger partial charge in [-0.25, -0.2) is 4.79 Å². The molecular formula is C21H38O5Si3. The van der Waals surface area contributed by atoms with E-state index in [1.807, 2.05) is 24.3 Å². The fraction of sp³-hybridized carbons (Fsp3) is 0.571. The van der Waals surface area contributed by atoms with E-state index in [0.29, 0.717) is 6.61 Å². The molecule has 0 aliphatic rings. The molecule has 0 saturated carbocycles. The van der Waals surface area contributed by atoms with Crippen molar-refractivity contribution in [2.24, 2.45) is 5.92 Å². The first kappa shape index (κ1) is 25.8. The predicted molar refractivity (Wildman–Crippen MR) is 127 cm³/mol. The van der Waals surface area contributed by atoms with E-state index in [1.165, 1.54) is 6.08 Å². The second-order valence-electron chi connectivity index (χ2n) is 9.61. The Kier molecular flexibility index (Phi) is 9.55. The first-order chi connectivity index (χ1) is 13.2. The molecule has 0 heterocycles. The minimum atomic E-state index is -2.33. The highest BCUT2D eigenvalue weighted by Gasteiger charge is 2.41. The van der Waals surface area contributed by atoms with E-state index in [4.69, 9.17) is 17.7 Å². The molecule has 0 saturated heterocycles. The van der Waals surface area contributed by atoms with Gasteiger partial charge in [-0.1, -0.05) is 19.1 Å². The van der Waals surface area contributed by atoms with Crippen molar-refractivity contribution in [3.63, 3.8) is 0 Å². The van der Waals surface area contributed by atoms with Crippen molar-refractivity contribution in [1.82, 2.24) is 0 Å². The molecule has 29 heavy (non-hydrogen) atoms. The number of hydrogen-bond donors (Lipinski definition) is 0. The highest BCUT2D eigenvalue weighted by atomic mass is 28.5. The summed E-state index contributed by atoms with van der Waals surface area (Å²) in [7, 11) is -4.17. The largest absolute Gasteiger partial charge is 0.497 e. The number of esters is 1. The lowest BCUT2D eigenvalue weighted by molar-refractivity contribution is -0.138. The molecule has 0 aliphatic heterocycles. The predicted octanol–water partition coefficient (Wildman–Crippen LogP) is 5.66. The quantitative estimate of drug-likeness (QED) is 0.245. The molecule has 0 radical (unpaired) electrons. The number of carbonyl (C=O) groups is 1. The third kappa shape index (κ3) is 11.5. The van der Waals surface area contributed by atoms with Gasteiger partial charge in [-0.05, 0) is 81.6 Å². The number of rotatable bonds is 11. The Labute approximate surface area is 179 Å². The zero-order valence-corrected chi connectivity index (χ0v) is 22.5. The molecule has 0 amide bonds. The standard InChI is InChI=1S/C21H38O5Si3/c1-18(17-29(9,25-27(3,4)5)26-28(6,7)8)16-24-21(22)15-12-19-10-13-20(23-2)14-11-19/h10-15,18H,16-17H2,1-9H3/b15-12+. The molecule has 1 unspecified atom stereocenters. The van der Waals surface area contributed by atoms with Gasteiger partial charge in [0.25, 0.3) is 0 Å². The van der Waals surface area contributed by atoms with E-state index in [0.717, 1.165) is 17.4 Å². The summed E-state index contributed by atoms with van der Waals surface area (Å²) >= 11 is 0. The maximum Gasteiger partial charge on any atom is 0.330 e. The molecule has 1 aromatic carbocycles. The highest BCUT2D eigenvalue weighted by molar-refractivity contribution is 6.87. The van der Waals surface area contributed by atoms with E-state index >= 15 is 0 Å². The summed E-state index contributed by atoms with van der Waals surface area (Å²) in [5, 5.41) is 0. The van der Waals surface area contributed by atoms with Crippen molar-refractivity contribution in [1.29, 1.82) is 0 Å². The molecule has 0 aliphatic carbocycles. The Morgan fingerprint density at radius 2 is 1.48 bits per heavy atom. The van der Waals surface area contributed by atoms with Crippen molar-refractivity contribution in [3.8, 4) is 5.75 Å². The summed E-state index contributed by atoms with van der Waals surface area (Å²) in [4.78, 5) is 12.1. The van der Waals surface area contributed by atoms with Gasteiger partial charge in [0.1, 0.15) is 5.75 Å². The molecule has 0 N–H and O–H groups in total. The van der Waals surface area contributed by atoms with Gasteiger partial charge >= 0.3 is 14.5 Å². The number of carbonyl (C=O) groups excluding carboxylic acids is 1. The molecule has 1 aromatic rings. The SMILES string of the molecule is COc1ccc(/C=C/C(=O)OCC(C)C[Si](C)(O[Si](C)(C)C)O[Si](C)(C)C)cc1. The maximum atomic E-state index is 12.1. The van der Waals surface area contributed by atoms with Crippen LogP contribution in [0.1, 0.15) is 12.5 Å². The van der Waals surface area contributed by atoms with Crippen LogP contribution in [0.5, 0.6) is 5.75 Å². The van der Waals surface area contributed by atoms with Gasteiger partial charge in [-0.3, -0.25) is 0 Å². The van der Waals surface area contributed by atoms with E-state index in [9.17, 15) is 4.79 Å². The zero-order valence-electron chi connectivity index (χ0n) is 19.5. The molecule has 0 aromatic heterocycles. The van der Waals surface area contributed by atoms with Crippen LogP contribution in [0.15, 0.2) is 30.3 Å². The van der Waals surface area contributed by atoms with Gasteiger partial charge in [0.05, 0.1) is 13.7 Å². The highest BCUT2D eigenvalue weighted by Crippen LogP contribution is 2.27. The average Bonchev–Trinajstić information content (AvgIpc) is 2.54. The molecule has 8 heteroatoms. The Morgan fingerprint density at radius 1 is 0.966 bits per heavy atom. The summed E-state index contributed by atoms with van der Waals surface area (Å²) in [6.45, 7) is 17.8. The van der Waals surface area contributed by atoms with Crippen LogP contribution in [0.4, 0.5) is 0 Å². The summed E-state index contributed by atoms with van der Waals surface area (Å²) in [6, 6.07) is 8.32. The average molecular weight is 455 g/mol. The Hall–Kier alpha value is -1.20. The lowest BCUT2D eigenvalue weighted by Gasteiger charge is -2.39. The number of methoxy groups -OCH3 is 1. The molecule has 5 nitrogen and oxygen atoms in total. The second-order valence-corrected chi connectivity index (χ2v) is 22.4. The third-order valence-corrected chi connectivity index (χ3v) is 13.6. The molecule has 164 valence electrons. The normalized spacial score (nSPS) is 14.1. The van der Waals surface area contributed by atoms with Crippen LogP contribution in [-0.4, -0.2) is 44.9 Å². The smallest absolute Gasteiger partial charge is 0.330 e. The van der Waals surface area contributed by atoms with E-state index in [-0.39, 0.29) is 11.9 Å². The van der Waals surface area contributed by atoms with E-state index in [2.05, 4.69) is 52.8 Å². The van der Waals surface area contributed by atoms with Gasteiger partial charge < -0.3 is 17.7 Å². The van der Waals surface area contributed by atoms with Crippen LogP contribution in [0.25, 0.3) is 6.08 Å².